The lowest BCUT2D eigenvalue weighted by Crippen LogP contribution is -2.46. The van der Waals surface area contributed by atoms with E-state index >= 15 is 0 Å². The molecule has 2 heterocycles. The summed E-state index contributed by atoms with van der Waals surface area (Å²) in [5.41, 5.74) is 4.04. The molecule has 1 fully saturated rings. The van der Waals surface area contributed by atoms with Gasteiger partial charge in [-0.25, -0.2) is 4.31 Å². The SMILES string of the molecule is O=C(c1ccc(-c2ccncc2)cc1)N1CCN(S/C=C/c2ccc(Cl)cc2)CC1. The van der Waals surface area contributed by atoms with Crippen LogP contribution in [0.2, 0.25) is 5.02 Å². The van der Waals surface area contributed by atoms with E-state index in [9.17, 15) is 4.79 Å². The number of hydrogen-bond acceptors (Lipinski definition) is 4. The summed E-state index contributed by atoms with van der Waals surface area (Å²) in [6.45, 7) is 3.15. The molecule has 30 heavy (non-hydrogen) atoms. The van der Waals surface area contributed by atoms with E-state index in [2.05, 4.69) is 20.8 Å². The first-order valence-electron chi connectivity index (χ1n) is 9.83. The standard InChI is InChI=1S/C24H22ClN3OS/c25-23-7-1-19(2-8-23)11-18-30-28-16-14-27(15-17-28)24(29)22-5-3-20(4-6-22)21-9-12-26-13-10-21/h1-13,18H,14-17H2/b18-11+. The van der Waals surface area contributed by atoms with E-state index in [0.717, 1.165) is 53.5 Å². The van der Waals surface area contributed by atoms with Gasteiger partial charge in [0.1, 0.15) is 0 Å². The molecule has 0 unspecified atom stereocenters. The highest BCUT2D eigenvalue weighted by atomic mass is 35.5. The maximum atomic E-state index is 12.8. The average molecular weight is 436 g/mol. The van der Waals surface area contributed by atoms with Gasteiger partial charge in [0.05, 0.1) is 0 Å². The van der Waals surface area contributed by atoms with Gasteiger partial charge in [-0.3, -0.25) is 9.78 Å². The largest absolute Gasteiger partial charge is 0.336 e. The molecule has 3 aromatic rings. The van der Waals surface area contributed by atoms with Crippen molar-refractivity contribution in [1.29, 1.82) is 0 Å². The predicted molar refractivity (Wildman–Crippen MR) is 125 cm³/mol. The summed E-state index contributed by atoms with van der Waals surface area (Å²) in [5, 5.41) is 2.83. The van der Waals surface area contributed by atoms with Crippen LogP contribution < -0.4 is 0 Å². The molecule has 1 aromatic heterocycles. The van der Waals surface area contributed by atoms with Crippen molar-refractivity contribution in [2.45, 2.75) is 0 Å². The zero-order chi connectivity index (χ0) is 20.8. The number of pyridine rings is 1. The zero-order valence-corrected chi connectivity index (χ0v) is 18.0. The lowest BCUT2D eigenvalue weighted by Gasteiger charge is -2.33. The molecule has 1 saturated heterocycles. The minimum atomic E-state index is 0.0950. The van der Waals surface area contributed by atoms with Crippen molar-refractivity contribution >= 4 is 35.5 Å². The van der Waals surface area contributed by atoms with Crippen LogP contribution in [0, 0.1) is 0 Å². The number of hydrogen-bond donors (Lipinski definition) is 0. The topological polar surface area (TPSA) is 36.4 Å². The van der Waals surface area contributed by atoms with Gasteiger partial charge in [0.25, 0.3) is 5.91 Å². The summed E-state index contributed by atoms with van der Waals surface area (Å²) in [4.78, 5) is 18.8. The Bertz CT molecular complexity index is 999. The van der Waals surface area contributed by atoms with Crippen molar-refractivity contribution in [2.24, 2.45) is 0 Å². The second kappa shape index (κ2) is 9.94. The van der Waals surface area contributed by atoms with Gasteiger partial charge in [-0.2, -0.15) is 0 Å². The summed E-state index contributed by atoms with van der Waals surface area (Å²) in [5.74, 6) is 0.0950. The molecule has 1 amide bonds. The number of piperazine rings is 1. The Balaban J connectivity index is 1.28. The van der Waals surface area contributed by atoms with E-state index in [1.54, 1.807) is 24.3 Å². The maximum absolute atomic E-state index is 12.8. The highest BCUT2D eigenvalue weighted by Gasteiger charge is 2.22. The minimum Gasteiger partial charge on any atom is -0.336 e. The fraction of sp³-hybridized carbons (Fsp3) is 0.167. The molecule has 1 aliphatic rings. The van der Waals surface area contributed by atoms with Crippen molar-refractivity contribution in [1.82, 2.24) is 14.2 Å². The molecule has 0 N–H and O–H groups in total. The summed E-state index contributed by atoms with van der Waals surface area (Å²) in [6, 6.07) is 19.5. The van der Waals surface area contributed by atoms with Crippen molar-refractivity contribution in [3.63, 3.8) is 0 Å². The number of carbonyl (C=O) groups excluding carboxylic acids is 1. The molecule has 152 valence electrons. The summed E-state index contributed by atoms with van der Waals surface area (Å²) >= 11 is 7.60. The number of halogens is 1. The molecule has 6 heteroatoms. The first-order chi connectivity index (χ1) is 14.7. The van der Waals surface area contributed by atoms with Gasteiger partial charge in [-0.1, -0.05) is 47.8 Å². The zero-order valence-electron chi connectivity index (χ0n) is 16.4. The second-order valence-electron chi connectivity index (χ2n) is 6.99. The van der Waals surface area contributed by atoms with E-state index in [1.807, 2.05) is 65.6 Å². The molecular weight excluding hydrogens is 414 g/mol. The van der Waals surface area contributed by atoms with Gasteiger partial charge in [0, 0.05) is 49.2 Å². The number of carbonyl (C=O) groups is 1. The van der Waals surface area contributed by atoms with E-state index in [4.69, 9.17) is 11.6 Å². The molecular formula is C24H22ClN3OS. The Morgan fingerprint density at radius 1 is 0.867 bits per heavy atom. The van der Waals surface area contributed by atoms with Crippen LogP contribution in [0.25, 0.3) is 17.2 Å². The van der Waals surface area contributed by atoms with Gasteiger partial charge < -0.3 is 4.90 Å². The van der Waals surface area contributed by atoms with Crippen LogP contribution in [0.3, 0.4) is 0 Å². The molecule has 4 nitrogen and oxygen atoms in total. The molecule has 0 atom stereocenters. The number of aromatic nitrogens is 1. The van der Waals surface area contributed by atoms with E-state index in [1.165, 1.54) is 0 Å². The number of benzene rings is 2. The van der Waals surface area contributed by atoms with Crippen molar-refractivity contribution in [3.8, 4) is 11.1 Å². The molecule has 0 aliphatic carbocycles. The van der Waals surface area contributed by atoms with Crippen LogP contribution in [-0.4, -0.2) is 46.3 Å². The quantitative estimate of drug-likeness (QED) is 0.497. The summed E-state index contributed by atoms with van der Waals surface area (Å²) < 4.78 is 2.28. The molecule has 0 radical (unpaired) electrons. The predicted octanol–water partition coefficient (Wildman–Crippen LogP) is 5.48. The molecule has 4 rings (SSSR count). The summed E-state index contributed by atoms with van der Waals surface area (Å²) in [6.07, 6.45) is 5.62. The van der Waals surface area contributed by atoms with Crippen molar-refractivity contribution < 1.29 is 4.79 Å². The van der Waals surface area contributed by atoms with Crippen LogP contribution in [0.1, 0.15) is 15.9 Å². The average Bonchev–Trinajstić information content (AvgIpc) is 2.81. The minimum absolute atomic E-state index is 0.0950. The highest BCUT2D eigenvalue weighted by Crippen LogP contribution is 2.21. The van der Waals surface area contributed by atoms with E-state index in [-0.39, 0.29) is 5.91 Å². The number of rotatable bonds is 5. The van der Waals surface area contributed by atoms with E-state index < -0.39 is 0 Å². The van der Waals surface area contributed by atoms with Crippen molar-refractivity contribution in [2.75, 3.05) is 26.2 Å². The van der Waals surface area contributed by atoms with Crippen LogP contribution in [0.5, 0.6) is 0 Å². The molecule has 0 saturated carbocycles. The van der Waals surface area contributed by atoms with Crippen LogP contribution in [-0.2, 0) is 0 Å². The Kier molecular flexibility index (Phi) is 6.84. The first-order valence-corrected chi connectivity index (χ1v) is 11.0. The molecule has 0 bridgehead atoms. The second-order valence-corrected chi connectivity index (χ2v) is 8.43. The monoisotopic (exact) mass is 435 g/mol. The Hall–Kier alpha value is -2.60. The highest BCUT2D eigenvalue weighted by molar-refractivity contribution is 8.00. The van der Waals surface area contributed by atoms with Gasteiger partial charge in [0.2, 0.25) is 0 Å². The molecule has 1 aliphatic heterocycles. The van der Waals surface area contributed by atoms with Gasteiger partial charge in [-0.15, -0.1) is 0 Å². The first kappa shape index (κ1) is 20.7. The molecule has 2 aromatic carbocycles. The summed E-state index contributed by atoms with van der Waals surface area (Å²) in [7, 11) is 0. The maximum Gasteiger partial charge on any atom is 0.253 e. The number of nitrogens with zero attached hydrogens (tertiary/aromatic N) is 3. The molecule has 0 spiro atoms. The van der Waals surface area contributed by atoms with Crippen molar-refractivity contribution in [3.05, 3.63) is 94.6 Å². The van der Waals surface area contributed by atoms with Crippen LogP contribution >= 0.6 is 23.5 Å². The van der Waals surface area contributed by atoms with Crippen LogP contribution in [0.15, 0.2) is 78.5 Å². The fourth-order valence-electron chi connectivity index (χ4n) is 3.30. The Morgan fingerprint density at radius 2 is 1.50 bits per heavy atom. The van der Waals surface area contributed by atoms with E-state index in [0.29, 0.717) is 0 Å². The third kappa shape index (κ3) is 5.30. The van der Waals surface area contributed by atoms with Crippen LogP contribution in [0.4, 0.5) is 0 Å². The third-order valence-corrected chi connectivity index (χ3v) is 6.18. The normalized spacial score (nSPS) is 14.9. The Morgan fingerprint density at radius 3 is 2.17 bits per heavy atom. The lowest BCUT2D eigenvalue weighted by atomic mass is 10.0. The number of amides is 1. The van der Waals surface area contributed by atoms with Gasteiger partial charge in [0.15, 0.2) is 0 Å². The fourth-order valence-corrected chi connectivity index (χ4v) is 4.19. The Labute approximate surface area is 186 Å². The third-order valence-electron chi connectivity index (χ3n) is 5.01. The lowest BCUT2D eigenvalue weighted by molar-refractivity contribution is 0.0704. The smallest absolute Gasteiger partial charge is 0.253 e. The van der Waals surface area contributed by atoms with Gasteiger partial charge >= 0.3 is 0 Å². The van der Waals surface area contributed by atoms with Gasteiger partial charge in [-0.05, 0) is 64.6 Å².